The average Bonchev–Trinajstić information content (AvgIpc) is 2.47. The van der Waals surface area contributed by atoms with Gasteiger partial charge in [0.1, 0.15) is 10.7 Å². The van der Waals surface area contributed by atoms with Gasteiger partial charge in [-0.25, -0.2) is 17.5 Å². The lowest BCUT2D eigenvalue weighted by molar-refractivity contribution is 0.588. The van der Waals surface area contributed by atoms with Crippen molar-refractivity contribution in [2.24, 2.45) is 0 Å². The number of hydrogen-bond acceptors (Lipinski definition) is 3. The van der Waals surface area contributed by atoms with Gasteiger partial charge in [0.15, 0.2) is 0 Å². The Balaban J connectivity index is 2.30. The summed E-state index contributed by atoms with van der Waals surface area (Å²) in [6.45, 7) is 0.0851. The van der Waals surface area contributed by atoms with Gasteiger partial charge in [0, 0.05) is 17.1 Å². The summed E-state index contributed by atoms with van der Waals surface area (Å²) in [5.41, 5.74) is 0.669. The van der Waals surface area contributed by atoms with Crippen LogP contribution in [-0.2, 0) is 16.6 Å². The highest BCUT2D eigenvalue weighted by Crippen LogP contribution is 2.24. The Morgan fingerprint density at radius 3 is 2.52 bits per heavy atom. The van der Waals surface area contributed by atoms with Crippen LogP contribution < -0.4 is 10.0 Å². The summed E-state index contributed by atoms with van der Waals surface area (Å²) >= 11 is 5.94. The van der Waals surface area contributed by atoms with Gasteiger partial charge in [-0.3, -0.25) is 0 Å². The monoisotopic (exact) mass is 328 g/mol. The molecule has 21 heavy (non-hydrogen) atoms. The van der Waals surface area contributed by atoms with Crippen molar-refractivity contribution < 1.29 is 12.8 Å². The number of sulfonamides is 1. The second-order valence-electron chi connectivity index (χ2n) is 4.26. The van der Waals surface area contributed by atoms with Crippen LogP contribution in [0.15, 0.2) is 47.4 Å². The number of nitrogens with one attached hydrogen (secondary N) is 2. The first kappa shape index (κ1) is 15.8. The van der Waals surface area contributed by atoms with Gasteiger partial charge < -0.3 is 5.32 Å². The van der Waals surface area contributed by atoms with Gasteiger partial charge in [-0.15, -0.1) is 0 Å². The highest BCUT2D eigenvalue weighted by Gasteiger charge is 2.16. The molecule has 0 saturated heterocycles. The van der Waals surface area contributed by atoms with Crippen LogP contribution in [0.3, 0.4) is 0 Å². The third-order valence-corrected chi connectivity index (χ3v) is 4.79. The summed E-state index contributed by atoms with van der Waals surface area (Å²) in [5, 5.41) is 3.20. The fourth-order valence-corrected chi connectivity index (χ4v) is 2.98. The maximum atomic E-state index is 13.7. The highest BCUT2D eigenvalue weighted by atomic mass is 35.5. The maximum Gasteiger partial charge on any atom is 0.242 e. The number of benzene rings is 2. The number of halogens is 2. The molecule has 0 bridgehead atoms. The Kier molecular flexibility index (Phi) is 4.82. The fraction of sp³-hybridized carbons (Fsp3) is 0.143. The molecule has 0 aliphatic carbocycles. The lowest BCUT2D eigenvalue weighted by Gasteiger charge is -2.13. The Morgan fingerprint density at radius 1 is 1.14 bits per heavy atom. The van der Waals surface area contributed by atoms with E-state index in [4.69, 9.17) is 11.6 Å². The Bertz CT molecular complexity index is 730. The largest absolute Gasteiger partial charge is 0.380 e. The molecule has 4 nitrogen and oxygen atoms in total. The average molecular weight is 329 g/mol. The smallest absolute Gasteiger partial charge is 0.242 e. The van der Waals surface area contributed by atoms with Crippen molar-refractivity contribution in [3.63, 3.8) is 0 Å². The Morgan fingerprint density at radius 2 is 1.86 bits per heavy atom. The molecule has 0 aliphatic heterocycles. The van der Waals surface area contributed by atoms with Crippen LogP contribution in [-0.4, -0.2) is 15.5 Å². The number of rotatable bonds is 5. The second-order valence-corrected chi connectivity index (χ2v) is 6.52. The molecule has 0 unspecified atom stereocenters. The van der Waals surface area contributed by atoms with Gasteiger partial charge in [-0.05, 0) is 31.3 Å². The summed E-state index contributed by atoms with van der Waals surface area (Å²) in [7, 11) is -2.26. The van der Waals surface area contributed by atoms with Crippen LogP contribution >= 0.6 is 11.6 Å². The molecule has 7 heteroatoms. The predicted molar refractivity (Wildman–Crippen MR) is 81.4 cm³/mol. The zero-order valence-electron chi connectivity index (χ0n) is 11.2. The topological polar surface area (TPSA) is 58.2 Å². The molecule has 0 aromatic heterocycles. The van der Waals surface area contributed by atoms with E-state index in [-0.39, 0.29) is 22.0 Å². The van der Waals surface area contributed by atoms with E-state index in [2.05, 4.69) is 10.0 Å². The molecular formula is C14H14ClFN2O2S. The summed E-state index contributed by atoms with van der Waals surface area (Å²) in [4.78, 5) is 0.0972. The van der Waals surface area contributed by atoms with Gasteiger partial charge in [0.05, 0.1) is 5.69 Å². The first-order chi connectivity index (χ1) is 9.95. The van der Waals surface area contributed by atoms with Crippen molar-refractivity contribution in [1.29, 1.82) is 0 Å². The molecule has 0 atom stereocenters. The number of anilines is 1. The summed E-state index contributed by atoms with van der Waals surface area (Å²) in [6.07, 6.45) is 0. The molecule has 2 aromatic rings. The van der Waals surface area contributed by atoms with Crippen molar-refractivity contribution in [2.45, 2.75) is 11.4 Å². The van der Waals surface area contributed by atoms with Crippen molar-refractivity contribution in [3.05, 3.63) is 58.9 Å². The molecule has 0 aliphatic rings. The van der Waals surface area contributed by atoms with Crippen molar-refractivity contribution in [3.8, 4) is 0 Å². The SMILES string of the molecule is CNS(=O)(=O)c1ccccc1NCc1c(F)cccc1Cl. The van der Waals surface area contributed by atoms with E-state index < -0.39 is 15.8 Å². The fourth-order valence-electron chi connectivity index (χ4n) is 1.84. The molecular weight excluding hydrogens is 315 g/mol. The zero-order valence-corrected chi connectivity index (χ0v) is 12.8. The second kappa shape index (κ2) is 6.43. The van der Waals surface area contributed by atoms with Crippen LogP contribution in [0.1, 0.15) is 5.56 Å². The first-order valence-corrected chi connectivity index (χ1v) is 8.01. The lowest BCUT2D eigenvalue weighted by Crippen LogP contribution is -2.20. The molecule has 0 fully saturated rings. The Labute approximate surface area is 128 Å². The van der Waals surface area contributed by atoms with E-state index in [9.17, 15) is 12.8 Å². The maximum absolute atomic E-state index is 13.7. The highest BCUT2D eigenvalue weighted by molar-refractivity contribution is 7.89. The van der Waals surface area contributed by atoms with Crippen LogP contribution in [0, 0.1) is 5.82 Å². The Hall–Kier alpha value is -1.63. The molecule has 0 radical (unpaired) electrons. The van der Waals surface area contributed by atoms with Crippen LogP contribution in [0.5, 0.6) is 0 Å². The minimum absolute atomic E-state index is 0.0851. The van der Waals surface area contributed by atoms with Gasteiger partial charge in [0.25, 0.3) is 0 Å². The van der Waals surface area contributed by atoms with Crippen molar-refractivity contribution in [1.82, 2.24) is 4.72 Å². The molecule has 112 valence electrons. The quantitative estimate of drug-likeness (QED) is 0.887. The zero-order chi connectivity index (χ0) is 15.5. The van der Waals surface area contributed by atoms with Crippen LogP contribution in [0.2, 0.25) is 5.02 Å². The minimum Gasteiger partial charge on any atom is -0.380 e. The molecule has 2 N–H and O–H groups in total. The third kappa shape index (κ3) is 3.53. The third-order valence-electron chi connectivity index (χ3n) is 2.96. The lowest BCUT2D eigenvalue weighted by atomic mass is 10.2. The minimum atomic E-state index is -3.59. The van der Waals surface area contributed by atoms with Crippen LogP contribution in [0.25, 0.3) is 0 Å². The van der Waals surface area contributed by atoms with E-state index >= 15 is 0 Å². The van der Waals surface area contributed by atoms with Gasteiger partial charge in [-0.1, -0.05) is 29.8 Å². The molecule has 2 aromatic carbocycles. The van der Waals surface area contributed by atoms with E-state index in [1.165, 1.54) is 25.2 Å². The van der Waals surface area contributed by atoms with E-state index in [1.54, 1.807) is 24.3 Å². The summed E-state index contributed by atoms with van der Waals surface area (Å²) in [6, 6.07) is 10.8. The van der Waals surface area contributed by atoms with Gasteiger partial charge in [-0.2, -0.15) is 0 Å². The normalized spacial score (nSPS) is 11.4. The molecule has 0 heterocycles. The van der Waals surface area contributed by atoms with Crippen molar-refractivity contribution in [2.75, 3.05) is 12.4 Å². The van der Waals surface area contributed by atoms with E-state index in [0.717, 1.165) is 0 Å². The van der Waals surface area contributed by atoms with Crippen LogP contribution in [0.4, 0.5) is 10.1 Å². The summed E-state index contributed by atoms with van der Waals surface area (Å²) < 4.78 is 39.8. The molecule has 0 saturated carbocycles. The summed E-state index contributed by atoms with van der Waals surface area (Å²) in [5.74, 6) is -0.441. The standard InChI is InChI=1S/C14H14ClFN2O2S/c1-17-21(19,20)14-8-3-2-7-13(14)18-9-10-11(15)5-4-6-12(10)16/h2-8,17-18H,9H2,1H3. The van der Waals surface area contributed by atoms with Crippen molar-refractivity contribution >= 4 is 27.3 Å². The predicted octanol–water partition coefficient (Wildman–Crippen LogP) is 3.00. The number of hydrogen-bond donors (Lipinski definition) is 2. The number of para-hydroxylation sites is 1. The van der Waals surface area contributed by atoms with Gasteiger partial charge in [0.2, 0.25) is 10.0 Å². The van der Waals surface area contributed by atoms with Gasteiger partial charge >= 0.3 is 0 Å². The molecule has 0 amide bonds. The van der Waals surface area contributed by atoms with E-state index in [0.29, 0.717) is 5.69 Å². The van der Waals surface area contributed by atoms with E-state index in [1.807, 2.05) is 0 Å². The molecule has 0 spiro atoms. The molecule has 2 rings (SSSR count). The first-order valence-electron chi connectivity index (χ1n) is 6.15.